The second-order valence-electron chi connectivity index (χ2n) is 9.55. The Morgan fingerprint density at radius 3 is 1.59 bits per heavy atom. The van der Waals surface area contributed by atoms with E-state index in [4.69, 9.17) is 9.47 Å². The minimum absolute atomic E-state index is 0.0975. The molecule has 5 nitrogen and oxygen atoms in total. The SMILES string of the molecule is C[N+]1=C([B-](C2=[N+](C)C(C)(C)CO2)(c2ccccc2)[n+]2ccccc2)OCC1(C)C. The molecular weight excluding hydrogens is 361 g/mol. The van der Waals surface area contributed by atoms with E-state index in [0.717, 1.165) is 11.6 Å². The fourth-order valence-corrected chi connectivity index (χ4v) is 4.51. The zero-order valence-electron chi connectivity index (χ0n) is 18.4. The van der Waals surface area contributed by atoms with E-state index >= 15 is 0 Å². The van der Waals surface area contributed by atoms with Gasteiger partial charge in [-0.15, -0.1) is 5.46 Å². The maximum atomic E-state index is 6.51. The van der Waals surface area contributed by atoms with Gasteiger partial charge in [0.25, 0.3) is 11.6 Å². The molecule has 0 bridgehead atoms. The molecule has 0 saturated heterocycles. The molecule has 152 valence electrons. The minimum atomic E-state index is -1.68. The number of hydrogen-bond acceptors (Lipinski definition) is 2. The Labute approximate surface area is 173 Å². The first kappa shape index (κ1) is 19.7. The van der Waals surface area contributed by atoms with Crippen LogP contribution in [0.1, 0.15) is 27.7 Å². The van der Waals surface area contributed by atoms with Crippen LogP contribution < -0.4 is 9.94 Å². The van der Waals surface area contributed by atoms with Crippen molar-refractivity contribution in [3.05, 3.63) is 60.9 Å². The molecule has 2 aliphatic heterocycles. The molecule has 1 aromatic carbocycles. The van der Waals surface area contributed by atoms with Crippen LogP contribution >= 0.6 is 0 Å². The number of benzene rings is 1. The fourth-order valence-electron chi connectivity index (χ4n) is 4.51. The second kappa shape index (κ2) is 6.72. The Bertz CT molecular complexity index is 900. The quantitative estimate of drug-likeness (QED) is 0.581. The zero-order valence-corrected chi connectivity index (χ0v) is 18.4. The molecule has 3 heterocycles. The van der Waals surface area contributed by atoms with Gasteiger partial charge < -0.3 is 14.0 Å². The molecule has 2 aromatic rings. The zero-order chi connectivity index (χ0) is 20.9. The number of hydrogen-bond donors (Lipinski definition) is 0. The Kier molecular flexibility index (Phi) is 4.56. The summed E-state index contributed by atoms with van der Waals surface area (Å²) in [4.78, 5) is 0. The van der Waals surface area contributed by atoms with Gasteiger partial charge in [0.1, 0.15) is 26.5 Å². The van der Waals surface area contributed by atoms with Crippen LogP contribution in [0, 0.1) is 0 Å². The highest BCUT2D eigenvalue weighted by molar-refractivity contribution is 7.25. The summed E-state index contributed by atoms with van der Waals surface area (Å²) in [7, 11) is 4.26. The molecule has 29 heavy (non-hydrogen) atoms. The van der Waals surface area contributed by atoms with Crippen molar-refractivity contribution in [1.29, 1.82) is 0 Å². The number of likely N-dealkylation sites (N-methyl/N-ethyl adjacent to an activating group) is 2. The molecule has 0 radical (unpaired) electrons. The highest BCUT2D eigenvalue weighted by atomic mass is 16.5. The van der Waals surface area contributed by atoms with Crippen LogP contribution in [0.3, 0.4) is 0 Å². The summed E-state index contributed by atoms with van der Waals surface area (Å²) >= 11 is 0. The largest absolute Gasteiger partial charge is 0.561 e. The van der Waals surface area contributed by atoms with E-state index in [-0.39, 0.29) is 11.1 Å². The third-order valence-corrected chi connectivity index (χ3v) is 6.81. The highest BCUT2D eigenvalue weighted by Crippen LogP contribution is 2.25. The van der Waals surface area contributed by atoms with Crippen molar-refractivity contribution >= 4 is 23.3 Å². The fraction of sp³-hybridized carbons (Fsp3) is 0.435. The normalized spacial score (nSPS) is 20.6. The van der Waals surface area contributed by atoms with E-state index in [0.29, 0.717) is 13.2 Å². The Balaban J connectivity index is 2.15. The standard InChI is InChI=1S/C23H32BN3O2/c1-22(2)17-28-20(25(22)5)24(19-13-9-7-10-14-19,27-15-11-8-12-16-27)21-26(6)23(3,4)18-29-21/h7-16H,17-18H2,1-6H3/q+2. The van der Waals surface area contributed by atoms with Gasteiger partial charge in [-0.2, -0.15) is 0 Å². The first-order chi connectivity index (χ1) is 13.7. The van der Waals surface area contributed by atoms with Gasteiger partial charge in [-0.1, -0.05) is 36.4 Å². The van der Waals surface area contributed by atoms with E-state index in [2.05, 4.69) is 110 Å². The number of nitrogens with zero attached hydrogens (tertiary/aromatic N) is 3. The summed E-state index contributed by atoms with van der Waals surface area (Å²) in [6.45, 7) is 10.2. The maximum absolute atomic E-state index is 6.51. The molecule has 0 atom stereocenters. The van der Waals surface area contributed by atoms with Crippen molar-refractivity contribution in [3.8, 4) is 0 Å². The molecule has 2 aliphatic rings. The predicted octanol–water partition coefficient (Wildman–Crippen LogP) is 1.45. The maximum Gasteiger partial charge on any atom is 0.561 e. The molecule has 0 amide bonds. The Morgan fingerprint density at radius 2 is 1.17 bits per heavy atom. The van der Waals surface area contributed by atoms with Crippen molar-refractivity contribution < 1.29 is 23.1 Å². The van der Waals surface area contributed by atoms with Gasteiger partial charge in [-0.3, -0.25) is 0 Å². The smallest absolute Gasteiger partial charge is 0.465 e. The van der Waals surface area contributed by atoms with E-state index in [1.807, 2.05) is 6.07 Å². The second-order valence-corrected chi connectivity index (χ2v) is 9.55. The summed E-state index contributed by atoms with van der Waals surface area (Å²) in [5, 5.41) is 0. The number of ether oxygens (including phenoxy) is 2. The van der Waals surface area contributed by atoms with Gasteiger partial charge in [-0.05, 0) is 12.1 Å². The molecule has 1 aromatic heterocycles. The van der Waals surface area contributed by atoms with Gasteiger partial charge in [0.05, 0.1) is 0 Å². The predicted molar refractivity (Wildman–Crippen MR) is 116 cm³/mol. The molecule has 0 spiro atoms. The number of pyridine rings is 1. The van der Waals surface area contributed by atoms with E-state index in [1.54, 1.807) is 0 Å². The lowest BCUT2D eigenvalue weighted by molar-refractivity contribution is -0.579. The Hall–Kier alpha value is -2.63. The topological polar surface area (TPSA) is 28.4 Å². The number of rotatable bonds is 4. The van der Waals surface area contributed by atoms with Crippen LogP contribution in [0.25, 0.3) is 0 Å². The number of aromatic nitrogens is 1. The van der Waals surface area contributed by atoms with Gasteiger partial charge in [0.2, 0.25) is 0 Å². The van der Waals surface area contributed by atoms with Gasteiger partial charge in [-0.25, -0.2) is 9.15 Å². The first-order valence-electron chi connectivity index (χ1n) is 10.4. The molecule has 6 heteroatoms. The molecule has 0 saturated carbocycles. The van der Waals surface area contributed by atoms with Crippen molar-refractivity contribution in [1.82, 2.24) is 0 Å². The van der Waals surface area contributed by atoms with Gasteiger partial charge >= 0.3 is 6.28 Å². The lowest BCUT2D eigenvalue weighted by atomic mass is 9.29. The Morgan fingerprint density at radius 1 is 0.724 bits per heavy atom. The summed E-state index contributed by atoms with van der Waals surface area (Å²) in [5.41, 5.74) is 0.974. The van der Waals surface area contributed by atoms with Crippen LogP contribution in [-0.4, -0.2) is 65.4 Å². The third-order valence-electron chi connectivity index (χ3n) is 6.81. The van der Waals surface area contributed by atoms with Crippen LogP contribution in [0.4, 0.5) is 0 Å². The molecular formula is C23H32BN3O2+2. The summed E-state index contributed by atoms with van der Waals surface area (Å²) < 4.78 is 19.9. The van der Waals surface area contributed by atoms with Crippen molar-refractivity contribution in [2.45, 2.75) is 38.8 Å². The molecule has 0 fully saturated rings. The van der Waals surface area contributed by atoms with Gasteiger partial charge in [0, 0.05) is 27.7 Å². The molecule has 0 N–H and O–H groups in total. The van der Waals surface area contributed by atoms with Crippen LogP contribution in [0.2, 0.25) is 0 Å². The molecule has 4 rings (SSSR count). The third kappa shape index (κ3) is 2.88. The van der Waals surface area contributed by atoms with E-state index in [1.165, 1.54) is 5.46 Å². The highest BCUT2D eigenvalue weighted by Gasteiger charge is 2.67. The van der Waals surface area contributed by atoms with Crippen molar-refractivity contribution in [2.24, 2.45) is 0 Å². The molecule has 0 aliphatic carbocycles. The minimum Gasteiger partial charge on any atom is -0.465 e. The van der Waals surface area contributed by atoms with E-state index in [9.17, 15) is 0 Å². The van der Waals surface area contributed by atoms with E-state index < -0.39 is 6.28 Å². The monoisotopic (exact) mass is 393 g/mol. The summed E-state index contributed by atoms with van der Waals surface area (Å²) in [5.74, 6) is 1.88. The van der Waals surface area contributed by atoms with Crippen molar-refractivity contribution in [2.75, 3.05) is 27.3 Å². The van der Waals surface area contributed by atoms with Crippen LogP contribution in [0.15, 0.2) is 60.9 Å². The average molecular weight is 393 g/mol. The van der Waals surface area contributed by atoms with Crippen LogP contribution in [-0.2, 0) is 9.47 Å². The van der Waals surface area contributed by atoms with Gasteiger partial charge in [0.15, 0.2) is 24.3 Å². The summed E-state index contributed by atoms with van der Waals surface area (Å²) in [6, 6.07) is 16.8. The molecule has 0 unspecified atom stereocenters. The lowest BCUT2D eigenvalue weighted by Crippen LogP contribution is -2.83. The van der Waals surface area contributed by atoms with Crippen molar-refractivity contribution in [3.63, 3.8) is 0 Å². The average Bonchev–Trinajstić information content (AvgIpc) is 3.14. The first-order valence-corrected chi connectivity index (χ1v) is 10.4. The van der Waals surface area contributed by atoms with Crippen LogP contribution in [0.5, 0.6) is 0 Å². The lowest BCUT2D eigenvalue weighted by Gasteiger charge is -2.29. The summed E-state index contributed by atoms with van der Waals surface area (Å²) in [6.07, 6.45) is 2.57.